The number of alkyl halides is 3. The molecule has 5 nitrogen and oxygen atoms in total. The Balaban J connectivity index is 3.04. The monoisotopic (exact) mass is 349 g/mol. The fourth-order valence-corrected chi connectivity index (χ4v) is 3.39. The molecule has 0 aliphatic rings. The number of rotatable bonds is 5. The van der Waals surface area contributed by atoms with Gasteiger partial charge in [0.25, 0.3) is 0 Å². The van der Waals surface area contributed by atoms with Crippen molar-refractivity contribution in [2.75, 3.05) is 0 Å². The van der Waals surface area contributed by atoms with Crippen LogP contribution in [0.2, 0.25) is 0 Å². The van der Waals surface area contributed by atoms with Crippen molar-refractivity contribution in [3.63, 3.8) is 0 Å². The van der Waals surface area contributed by atoms with Gasteiger partial charge in [-0.15, -0.1) is 3.89 Å². The Hall–Kier alpha value is -1.20. The topological polar surface area (TPSA) is 80.3 Å². The molecule has 1 aromatic carbocycles. The minimum atomic E-state index is -5.12. The van der Waals surface area contributed by atoms with Crippen LogP contribution in [0, 0.1) is 0 Å². The Kier molecular flexibility index (Phi) is 5.01. The minimum Gasteiger partial charge on any atom is -0.208 e. The smallest absolute Gasteiger partial charge is 0.208 e. The van der Waals surface area contributed by atoms with E-state index < -0.39 is 48.7 Å². The van der Waals surface area contributed by atoms with Crippen molar-refractivity contribution >= 4 is 20.2 Å². The van der Waals surface area contributed by atoms with Crippen molar-refractivity contribution in [1.29, 1.82) is 0 Å². The largest absolute Gasteiger partial charge is 0.390 e. The summed E-state index contributed by atoms with van der Waals surface area (Å²) in [6.07, 6.45) is -5.96. The van der Waals surface area contributed by atoms with Gasteiger partial charge in [-0.05, 0) is 25.1 Å². The molecular weight excluding hydrogens is 338 g/mol. The summed E-state index contributed by atoms with van der Waals surface area (Å²) >= 11 is 0. The molecule has 0 radical (unpaired) electrons. The van der Waals surface area contributed by atoms with E-state index in [0.717, 1.165) is 25.1 Å². The van der Waals surface area contributed by atoms with Crippen LogP contribution in [0.25, 0.3) is 0 Å². The van der Waals surface area contributed by atoms with Gasteiger partial charge in [-0.2, -0.15) is 21.6 Å². The molecule has 21 heavy (non-hydrogen) atoms. The molecule has 0 bridgehead atoms. The van der Waals surface area contributed by atoms with Crippen LogP contribution in [0.5, 0.6) is 0 Å². The summed E-state index contributed by atoms with van der Waals surface area (Å²) in [6, 6.07) is 1.80. The van der Waals surface area contributed by atoms with Crippen molar-refractivity contribution in [1.82, 2.24) is 4.72 Å². The first-order valence-electron chi connectivity index (χ1n) is 5.45. The van der Waals surface area contributed by atoms with E-state index in [4.69, 9.17) is 0 Å². The van der Waals surface area contributed by atoms with Crippen LogP contribution >= 0.6 is 0 Å². The second kappa shape index (κ2) is 5.89. The van der Waals surface area contributed by atoms with Crippen LogP contribution in [0.15, 0.2) is 34.1 Å². The molecule has 0 aliphatic carbocycles. The predicted octanol–water partition coefficient (Wildman–Crippen LogP) is 1.96. The van der Waals surface area contributed by atoms with Gasteiger partial charge in [0.15, 0.2) is 0 Å². The summed E-state index contributed by atoms with van der Waals surface area (Å²) in [5, 5.41) is 0. The van der Waals surface area contributed by atoms with Crippen LogP contribution < -0.4 is 4.72 Å². The molecule has 1 atom stereocenters. The quantitative estimate of drug-likeness (QED) is 0.651. The maximum absolute atomic E-state index is 12.8. The van der Waals surface area contributed by atoms with E-state index >= 15 is 0 Å². The highest BCUT2D eigenvalue weighted by Crippen LogP contribution is 2.23. The summed E-state index contributed by atoms with van der Waals surface area (Å²) in [5.74, 6) is 0. The van der Waals surface area contributed by atoms with Gasteiger partial charge in [0, 0.05) is 6.04 Å². The zero-order chi connectivity index (χ0) is 16.5. The van der Waals surface area contributed by atoms with Gasteiger partial charge in [0.2, 0.25) is 10.0 Å². The third-order valence-corrected chi connectivity index (χ3v) is 4.70. The molecule has 0 spiro atoms. The Morgan fingerprint density at radius 3 is 2.14 bits per heavy atom. The van der Waals surface area contributed by atoms with Gasteiger partial charge >= 0.3 is 16.4 Å². The van der Waals surface area contributed by atoms with Gasteiger partial charge < -0.3 is 0 Å². The second-order valence-corrected chi connectivity index (χ2v) is 7.32. The number of nitrogens with one attached hydrogen (secondary N) is 1. The molecular formula is C10H11F4NO4S2. The van der Waals surface area contributed by atoms with Crippen LogP contribution in [0.4, 0.5) is 17.1 Å². The zero-order valence-corrected chi connectivity index (χ0v) is 12.2. The highest BCUT2D eigenvalue weighted by atomic mass is 32.3. The van der Waals surface area contributed by atoms with Crippen molar-refractivity contribution in [2.45, 2.75) is 35.4 Å². The Labute approximate surface area is 119 Å². The fourth-order valence-electron chi connectivity index (χ4n) is 1.51. The molecule has 0 aromatic heterocycles. The summed E-state index contributed by atoms with van der Waals surface area (Å²) < 4.78 is 96.0. The Morgan fingerprint density at radius 2 is 1.67 bits per heavy atom. The average molecular weight is 349 g/mol. The van der Waals surface area contributed by atoms with Crippen molar-refractivity contribution in [3.05, 3.63) is 24.3 Å². The molecule has 1 N–H and O–H groups in total. The fraction of sp³-hybridized carbons (Fsp3) is 0.400. The van der Waals surface area contributed by atoms with Gasteiger partial charge in [-0.1, -0.05) is 6.07 Å². The summed E-state index contributed by atoms with van der Waals surface area (Å²) in [7, 11) is -9.51. The lowest BCUT2D eigenvalue weighted by Crippen LogP contribution is -2.35. The minimum absolute atomic E-state index is 0.526. The Morgan fingerprint density at radius 1 is 1.14 bits per heavy atom. The second-order valence-electron chi connectivity index (χ2n) is 4.25. The predicted molar refractivity (Wildman–Crippen MR) is 65.2 cm³/mol. The van der Waals surface area contributed by atoms with Crippen molar-refractivity contribution in [3.8, 4) is 0 Å². The number of hydrogen-bond donors (Lipinski definition) is 1. The third kappa shape index (κ3) is 5.59. The molecule has 1 unspecified atom stereocenters. The molecule has 0 heterocycles. The van der Waals surface area contributed by atoms with Gasteiger partial charge in [-0.3, -0.25) is 0 Å². The number of sulfonamides is 1. The molecule has 0 amide bonds. The standard InChI is InChI=1S/C10H11F4NO4S2/c1-7(6-10(11,12)13)15-21(18,19)9-4-2-3-8(5-9)20(14,16)17/h2-5,7,15H,6H2,1H3. The molecule has 0 aliphatic heterocycles. The van der Waals surface area contributed by atoms with Crippen LogP contribution in [0.3, 0.4) is 0 Å². The van der Waals surface area contributed by atoms with E-state index in [1.54, 1.807) is 4.72 Å². The zero-order valence-electron chi connectivity index (χ0n) is 10.6. The Bertz CT molecular complexity index is 713. The first-order chi connectivity index (χ1) is 9.31. The van der Waals surface area contributed by atoms with E-state index in [0.29, 0.717) is 6.07 Å². The summed E-state index contributed by atoms with van der Waals surface area (Å²) in [5.41, 5.74) is 0. The van der Waals surface area contributed by atoms with Gasteiger partial charge in [-0.25, -0.2) is 13.1 Å². The van der Waals surface area contributed by atoms with Crippen molar-refractivity contribution < 1.29 is 33.9 Å². The highest BCUT2D eigenvalue weighted by Gasteiger charge is 2.32. The van der Waals surface area contributed by atoms with Crippen LogP contribution in [0.1, 0.15) is 13.3 Å². The third-order valence-electron chi connectivity index (χ3n) is 2.29. The van der Waals surface area contributed by atoms with Gasteiger partial charge in [0.05, 0.1) is 16.2 Å². The lowest BCUT2D eigenvalue weighted by Gasteiger charge is -2.16. The average Bonchev–Trinajstić information content (AvgIpc) is 2.24. The molecule has 0 saturated carbocycles. The van der Waals surface area contributed by atoms with Gasteiger partial charge in [0.1, 0.15) is 0 Å². The lowest BCUT2D eigenvalue weighted by atomic mass is 10.2. The maximum Gasteiger partial charge on any atom is 0.390 e. The molecule has 120 valence electrons. The first-order valence-corrected chi connectivity index (χ1v) is 8.32. The highest BCUT2D eigenvalue weighted by molar-refractivity contribution is 7.89. The van der Waals surface area contributed by atoms with Crippen molar-refractivity contribution in [2.24, 2.45) is 0 Å². The lowest BCUT2D eigenvalue weighted by molar-refractivity contribution is -0.137. The number of benzene rings is 1. The summed E-state index contributed by atoms with van der Waals surface area (Å²) in [4.78, 5) is -1.54. The number of halogens is 4. The first kappa shape index (κ1) is 17.9. The SMILES string of the molecule is CC(CC(F)(F)F)NS(=O)(=O)c1cccc(S(=O)(=O)F)c1. The van der Waals surface area contributed by atoms with E-state index in [1.807, 2.05) is 0 Å². The molecule has 1 rings (SSSR count). The van der Waals surface area contributed by atoms with E-state index in [2.05, 4.69) is 0 Å². The van der Waals surface area contributed by atoms with Crippen LogP contribution in [-0.2, 0) is 20.2 Å². The van der Waals surface area contributed by atoms with Crippen LogP contribution in [-0.4, -0.2) is 29.1 Å². The maximum atomic E-state index is 12.8. The molecule has 1 aromatic rings. The van der Waals surface area contributed by atoms with E-state index in [1.165, 1.54) is 0 Å². The molecule has 11 heteroatoms. The van der Waals surface area contributed by atoms with E-state index in [9.17, 15) is 33.9 Å². The molecule has 0 saturated heterocycles. The normalized spacial score (nSPS) is 14.9. The number of hydrogen-bond acceptors (Lipinski definition) is 4. The molecule has 0 fully saturated rings. The van der Waals surface area contributed by atoms with E-state index in [-0.39, 0.29) is 0 Å². The summed E-state index contributed by atoms with van der Waals surface area (Å²) in [6.45, 7) is 1.00.